The molecule has 0 unspecified atom stereocenters. The molecule has 0 spiro atoms. The van der Waals surface area contributed by atoms with Crippen LogP contribution in [0.2, 0.25) is 0 Å². The molecule has 0 aliphatic heterocycles. The van der Waals surface area contributed by atoms with Crippen LogP contribution in [0.15, 0.2) is 23.8 Å². The maximum absolute atomic E-state index is 11.9. The monoisotopic (exact) mass is 304 g/mol. The smallest absolute Gasteiger partial charge is 0.261 e. The first-order valence-corrected chi connectivity index (χ1v) is 6.97. The van der Waals surface area contributed by atoms with Gasteiger partial charge in [-0.2, -0.15) is 5.26 Å². The van der Waals surface area contributed by atoms with Crippen LogP contribution >= 0.6 is 0 Å². The number of carbonyl (C=O) groups is 1. The number of ether oxygens (including phenoxy) is 2. The van der Waals surface area contributed by atoms with Gasteiger partial charge in [0.2, 0.25) is 0 Å². The molecule has 1 rings (SSSR count). The number of hydrogen-bond acceptors (Lipinski definition) is 5. The van der Waals surface area contributed by atoms with Crippen molar-refractivity contribution in [1.29, 1.82) is 5.26 Å². The zero-order valence-corrected chi connectivity index (χ0v) is 12.8. The van der Waals surface area contributed by atoms with E-state index in [1.165, 1.54) is 19.3 Å². The molecule has 22 heavy (non-hydrogen) atoms. The molecule has 0 aromatic heterocycles. The van der Waals surface area contributed by atoms with Crippen molar-refractivity contribution in [2.45, 2.75) is 13.3 Å². The summed E-state index contributed by atoms with van der Waals surface area (Å²) in [6.07, 6.45) is 2.13. The van der Waals surface area contributed by atoms with Gasteiger partial charge in [0.1, 0.15) is 11.6 Å². The summed E-state index contributed by atoms with van der Waals surface area (Å²) in [5.74, 6) is -0.160. The molecule has 6 nitrogen and oxygen atoms in total. The van der Waals surface area contributed by atoms with Gasteiger partial charge in [0, 0.05) is 19.8 Å². The van der Waals surface area contributed by atoms with Gasteiger partial charge in [-0.25, -0.2) is 0 Å². The van der Waals surface area contributed by atoms with E-state index >= 15 is 0 Å². The fourth-order valence-electron chi connectivity index (χ4n) is 1.71. The van der Waals surface area contributed by atoms with Crippen LogP contribution in [0.1, 0.15) is 18.9 Å². The molecule has 1 aromatic rings. The summed E-state index contributed by atoms with van der Waals surface area (Å²) >= 11 is 0. The number of methoxy groups -OCH3 is 1. The summed E-state index contributed by atoms with van der Waals surface area (Å²) in [4.78, 5) is 11.9. The molecule has 1 amide bonds. The van der Waals surface area contributed by atoms with E-state index in [0.29, 0.717) is 31.7 Å². The van der Waals surface area contributed by atoms with E-state index in [0.717, 1.165) is 0 Å². The van der Waals surface area contributed by atoms with Gasteiger partial charge in [-0.05, 0) is 37.1 Å². The molecule has 0 heterocycles. The van der Waals surface area contributed by atoms with E-state index in [1.807, 2.05) is 13.0 Å². The first-order chi connectivity index (χ1) is 10.6. The molecule has 0 radical (unpaired) electrons. The highest BCUT2D eigenvalue weighted by atomic mass is 16.5. The van der Waals surface area contributed by atoms with Crippen LogP contribution in [0.25, 0.3) is 6.08 Å². The number of carbonyl (C=O) groups excluding carboxylic acids is 1. The van der Waals surface area contributed by atoms with Gasteiger partial charge in [0.05, 0.1) is 7.11 Å². The number of benzene rings is 1. The van der Waals surface area contributed by atoms with Crippen LogP contribution in [-0.4, -0.2) is 37.9 Å². The quantitative estimate of drug-likeness (QED) is 0.434. The molecule has 0 aliphatic carbocycles. The van der Waals surface area contributed by atoms with Crippen molar-refractivity contribution < 1.29 is 19.4 Å². The Hall–Kier alpha value is -2.52. The highest BCUT2D eigenvalue weighted by Gasteiger charge is 2.09. The molecule has 2 N–H and O–H groups in total. The topological polar surface area (TPSA) is 91.6 Å². The van der Waals surface area contributed by atoms with Crippen LogP contribution in [0.3, 0.4) is 0 Å². The van der Waals surface area contributed by atoms with Gasteiger partial charge in [0.25, 0.3) is 5.91 Å². The first-order valence-electron chi connectivity index (χ1n) is 6.97. The third-order valence-corrected chi connectivity index (χ3v) is 2.83. The number of hydrogen-bond donors (Lipinski definition) is 2. The van der Waals surface area contributed by atoms with E-state index in [2.05, 4.69) is 5.32 Å². The van der Waals surface area contributed by atoms with Gasteiger partial charge in [0.15, 0.2) is 11.5 Å². The van der Waals surface area contributed by atoms with Gasteiger partial charge < -0.3 is 19.9 Å². The lowest BCUT2D eigenvalue weighted by molar-refractivity contribution is -0.117. The Morgan fingerprint density at radius 2 is 2.27 bits per heavy atom. The Balaban J connectivity index is 2.70. The van der Waals surface area contributed by atoms with Crippen LogP contribution in [0.4, 0.5) is 0 Å². The number of amides is 1. The highest BCUT2D eigenvalue weighted by Crippen LogP contribution is 2.27. The number of nitrogens with one attached hydrogen (secondary N) is 1. The van der Waals surface area contributed by atoms with Gasteiger partial charge in [-0.1, -0.05) is 6.07 Å². The van der Waals surface area contributed by atoms with E-state index in [4.69, 9.17) is 14.7 Å². The molecule has 0 atom stereocenters. The Bertz CT molecular complexity index is 576. The number of nitriles is 1. The zero-order chi connectivity index (χ0) is 16.4. The Kier molecular flexibility index (Phi) is 7.51. The Labute approximate surface area is 130 Å². The molecule has 118 valence electrons. The maximum atomic E-state index is 11.9. The molecule has 0 bridgehead atoms. The minimum atomic E-state index is -0.439. The molecular formula is C16H20N2O4. The summed E-state index contributed by atoms with van der Waals surface area (Å²) in [5, 5.41) is 21.3. The van der Waals surface area contributed by atoms with Gasteiger partial charge in [-0.3, -0.25) is 4.79 Å². The van der Waals surface area contributed by atoms with Crippen molar-refractivity contribution in [3.05, 3.63) is 29.3 Å². The fraction of sp³-hybridized carbons (Fsp3) is 0.375. The van der Waals surface area contributed by atoms with Crippen molar-refractivity contribution in [1.82, 2.24) is 5.32 Å². The van der Waals surface area contributed by atoms with Crippen LogP contribution in [0.5, 0.6) is 11.5 Å². The molecule has 1 aromatic carbocycles. The predicted molar refractivity (Wildman–Crippen MR) is 82.4 cm³/mol. The number of phenolic OH excluding ortho intramolecular Hbond substituents is 1. The molecular weight excluding hydrogens is 284 g/mol. The standard InChI is InChI=1S/C16H20N2O4/c1-3-22-8-4-7-18-16(20)13(11-17)9-12-5-6-14(19)15(10-12)21-2/h5-6,9-10,19H,3-4,7-8H2,1-2H3,(H,18,20). The van der Waals surface area contributed by atoms with Crippen molar-refractivity contribution in [3.8, 4) is 17.6 Å². The zero-order valence-electron chi connectivity index (χ0n) is 12.8. The second-order valence-corrected chi connectivity index (χ2v) is 4.41. The SMILES string of the molecule is CCOCCCNC(=O)C(C#N)=Cc1ccc(O)c(OC)c1. The van der Waals surface area contributed by atoms with Crippen LogP contribution in [0, 0.1) is 11.3 Å². The summed E-state index contributed by atoms with van der Waals surface area (Å²) in [7, 11) is 1.43. The largest absolute Gasteiger partial charge is 0.504 e. The summed E-state index contributed by atoms with van der Waals surface area (Å²) in [5.41, 5.74) is 0.583. The average molecular weight is 304 g/mol. The molecule has 0 saturated carbocycles. The van der Waals surface area contributed by atoms with E-state index in [1.54, 1.807) is 12.1 Å². The Morgan fingerprint density at radius 1 is 1.50 bits per heavy atom. The number of aromatic hydroxyl groups is 1. The van der Waals surface area contributed by atoms with Crippen molar-refractivity contribution in [3.63, 3.8) is 0 Å². The van der Waals surface area contributed by atoms with Crippen LogP contribution < -0.4 is 10.1 Å². The van der Waals surface area contributed by atoms with Gasteiger partial charge in [-0.15, -0.1) is 0 Å². The van der Waals surface area contributed by atoms with Gasteiger partial charge >= 0.3 is 0 Å². The Morgan fingerprint density at radius 3 is 2.91 bits per heavy atom. The number of rotatable bonds is 8. The van der Waals surface area contributed by atoms with E-state index < -0.39 is 5.91 Å². The molecule has 0 fully saturated rings. The lowest BCUT2D eigenvalue weighted by Gasteiger charge is -2.06. The lowest BCUT2D eigenvalue weighted by atomic mass is 10.1. The average Bonchev–Trinajstić information content (AvgIpc) is 2.53. The third-order valence-electron chi connectivity index (χ3n) is 2.83. The predicted octanol–water partition coefficient (Wildman–Crippen LogP) is 1.85. The second kappa shape index (κ2) is 9.42. The first kappa shape index (κ1) is 17.5. The van der Waals surface area contributed by atoms with E-state index in [9.17, 15) is 9.90 Å². The summed E-state index contributed by atoms with van der Waals surface area (Å²) < 4.78 is 10.2. The second-order valence-electron chi connectivity index (χ2n) is 4.41. The van der Waals surface area contributed by atoms with Crippen LogP contribution in [-0.2, 0) is 9.53 Å². The lowest BCUT2D eigenvalue weighted by Crippen LogP contribution is -2.26. The minimum absolute atomic E-state index is 0.00136. The van der Waals surface area contributed by atoms with Crippen molar-refractivity contribution in [2.24, 2.45) is 0 Å². The molecule has 0 saturated heterocycles. The third kappa shape index (κ3) is 5.46. The molecule has 0 aliphatic rings. The fourth-order valence-corrected chi connectivity index (χ4v) is 1.71. The van der Waals surface area contributed by atoms with Crippen molar-refractivity contribution in [2.75, 3.05) is 26.9 Å². The minimum Gasteiger partial charge on any atom is -0.504 e. The summed E-state index contributed by atoms with van der Waals surface area (Å²) in [6, 6.07) is 6.46. The number of nitrogens with zero attached hydrogens (tertiary/aromatic N) is 1. The van der Waals surface area contributed by atoms with Crippen molar-refractivity contribution >= 4 is 12.0 Å². The summed E-state index contributed by atoms with van der Waals surface area (Å²) in [6.45, 7) is 3.55. The normalized spacial score (nSPS) is 10.9. The highest BCUT2D eigenvalue weighted by molar-refractivity contribution is 6.01. The van der Waals surface area contributed by atoms with E-state index in [-0.39, 0.29) is 17.1 Å². The maximum Gasteiger partial charge on any atom is 0.261 e. The molecule has 6 heteroatoms. The number of phenols is 1.